The molecule has 0 spiro atoms. The summed E-state index contributed by atoms with van der Waals surface area (Å²) in [6, 6.07) is 8.85. The van der Waals surface area contributed by atoms with Crippen LogP contribution in [0.2, 0.25) is 0 Å². The lowest BCUT2D eigenvalue weighted by Crippen LogP contribution is -2.40. The lowest BCUT2D eigenvalue weighted by molar-refractivity contribution is 0.112. The number of carbonyl (C=O) groups is 2. The normalized spacial score (nSPS) is 12.7. The second-order valence-electron chi connectivity index (χ2n) is 6.43. The highest BCUT2D eigenvalue weighted by atomic mass is 32.1. The van der Waals surface area contributed by atoms with E-state index in [1.165, 1.54) is 11.3 Å². The number of terminal acetylenes is 1. The maximum Gasteiger partial charge on any atom is 0.326 e. The number of aldehydes is 1. The Kier molecular flexibility index (Phi) is 5.02. The maximum atomic E-state index is 12.5. The van der Waals surface area contributed by atoms with E-state index in [9.17, 15) is 9.59 Å². The molecule has 144 valence electrons. The first-order chi connectivity index (χ1) is 14.1. The van der Waals surface area contributed by atoms with Crippen LogP contribution < -0.4 is 15.0 Å². The van der Waals surface area contributed by atoms with Crippen molar-refractivity contribution in [1.82, 2.24) is 10.3 Å². The molecule has 6 nitrogen and oxygen atoms in total. The summed E-state index contributed by atoms with van der Waals surface area (Å²) in [4.78, 5) is 30.1. The van der Waals surface area contributed by atoms with Gasteiger partial charge in [-0.2, -0.15) is 0 Å². The number of nitrogens with zero attached hydrogens (tertiary/aromatic N) is 2. The Balaban J connectivity index is 1.65. The largest absolute Gasteiger partial charge is 0.456 e. The molecule has 0 bridgehead atoms. The lowest BCUT2D eigenvalue weighted by atomic mass is 10.0. The van der Waals surface area contributed by atoms with E-state index in [1.54, 1.807) is 23.2 Å². The Hall–Kier alpha value is -3.63. The molecule has 3 aromatic rings. The topological polar surface area (TPSA) is 71.5 Å². The van der Waals surface area contributed by atoms with Crippen molar-refractivity contribution in [2.75, 3.05) is 11.4 Å². The van der Waals surface area contributed by atoms with Gasteiger partial charge in [-0.25, -0.2) is 4.79 Å². The molecule has 4 rings (SSSR count). The van der Waals surface area contributed by atoms with Crippen LogP contribution in [0.5, 0.6) is 11.5 Å². The Morgan fingerprint density at radius 1 is 1.41 bits per heavy atom. The van der Waals surface area contributed by atoms with Gasteiger partial charge in [0.05, 0.1) is 27.3 Å². The molecular weight excluding hydrogens is 386 g/mol. The number of pyridine rings is 1. The number of allylic oxidation sites excluding steroid dienone is 2. The van der Waals surface area contributed by atoms with E-state index in [4.69, 9.17) is 11.2 Å². The predicted molar refractivity (Wildman–Crippen MR) is 114 cm³/mol. The minimum atomic E-state index is -0.262. The number of aromatic nitrogens is 1. The summed E-state index contributed by atoms with van der Waals surface area (Å²) in [6.45, 7) is 2.05. The molecule has 0 saturated heterocycles. The van der Waals surface area contributed by atoms with Crippen molar-refractivity contribution >= 4 is 39.6 Å². The Labute approximate surface area is 171 Å². The summed E-state index contributed by atoms with van der Waals surface area (Å²) in [5, 5.41) is 2.70. The number of fused-ring (bicyclic) bond motifs is 2. The molecule has 1 aliphatic heterocycles. The molecule has 0 fully saturated rings. The number of hydrogen-bond donors (Lipinski definition) is 1. The zero-order valence-electron chi connectivity index (χ0n) is 15.6. The summed E-state index contributed by atoms with van der Waals surface area (Å²) < 4.78 is 6.91. The fourth-order valence-corrected chi connectivity index (χ4v) is 4.10. The smallest absolute Gasteiger partial charge is 0.326 e. The summed E-state index contributed by atoms with van der Waals surface area (Å²) >= 11 is 1.34. The number of rotatable bonds is 4. The van der Waals surface area contributed by atoms with Crippen LogP contribution in [-0.4, -0.2) is 23.8 Å². The fraction of sp³-hybridized carbons (Fsp3) is 0.136. The molecule has 7 heteroatoms. The molecular formula is C22H17N3O3S. The molecule has 0 saturated carbocycles. The van der Waals surface area contributed by atoms with Crippen molar-refractivity contribution in [2.45, 2.75) is 13.3 Å². The zero-order valence-corrected chi connectivity index (χ0v) is 16.5. The van der Waals surface area contributed by atoms with Crippen LogP contribution in [0.25, 0.3) is 10.2 Å². The molecule has 0 atom stereocenters. The number of anilines is 1. The number of urea groups is 1. The zero-order chi connectivity index (χ0) is 20.4. The van der Waals surface area contributed by atoms with E-state index >= 15 is 0 Å². The van der Waals surface area contributed by atoms with Crippen molar-refractivity contribution in [3.63, 3.8) is 0 Å². The number of benzene rings is 1. The second-order valence-corrected chi connectivity index (χ2v) is 7.51. The second kappa shape index (κ2) is 7.78. The van der Waals surface area contributed by atoms with E-state index in [1.807, 2.05) is 31.2 Å². The van der Waals surface area contributed by atoms with Gasteiger partial charge in [-0.1, -0.05) is 12.0 Å². The number of thiophene rings is 1. The molecule has 1 aliphatic rings. The van der Waals surface area contributed by atoms with E-state index in [-0.39, 0.29) is 12.6 Å². The van der Waals surface area contributed by atoms with E-state index in [0.29, 0.717) is 22.8 Å². The van der Waals surface area contributed by atoms with Crippen molar-refractivity contribution in [3.05, 3.63) is 58.7 Å². The molecule has 0 unspecified atom stereocenters. The number of amides is 2. The number of carbonyl (C=O) groups excluding carboxylic acids is 2. The van der Waals surface area contributed by atoms with Gasteiger partial charge in [0.2, 0.25) is 0 Å². The van der Waals surface area contributed by atoms with Crippen LogP contribution in [0.3, 0.4) is 0 Å². The molecule has 29 heavy (non-hydrogen) atoms. The number of nitrogens with one attached hydrogen (secondary N) is 1. The van der Waals surface area contributed by atoms with Gasteiger partial charge in [0.15, 0.2) is 6.29 Å². The summed E-state index contributed by atoms with van der Waals surface area (Å²) in [7, 11) is 0. The first-order valence-electron chi connectivity index (χ1n) is 8.93. The highest BCUT2D eigenvalue weighted by Gasteiger charge is 2.23. The standard InChI is InChI=1S/C22H17N3O3S/c1-3-9-24-22(27)25-14(2)4-5-15-11-16(6-7-19(15)25)28-20-8-10-23-18-12-17(13-26)29-21(18)20/h1,4,6-8,10-13H,5,9H2,2H3,(H,24,27). The Morgan fingerprint density at radius 2 is 2.28 bits per heavy atom. The molecule has 2 aromatic heterocycles. The SMILES string of the molecule is C#CCNC(=O)N1C(C)=CCc2cc(Oc3ccnc4cc(C=O)sc34)ccc21. The van der Waals surface area contributed by atoms with Gasteiger partial charge < -0.3 is 10.1 Å². The quantitative estimate of drug-likeness (QED) is 0.514. The summed E-state index contributed by atoms with van der Waals surface area (Å²) in [5.74, 6) is 3.70. The van der Waals surface area contributed by atoms with Crippen LogP contribution >= 0.6 is 11.3 Å². The van der Waals surface area contributed by atoms with Crippen LogP contribution in [0, 0.1) is 12.3 Å². The lowest BCUT2D eigenvalue weighted by Gasteiger charge is -2.29. The van der Waals surface area contributed by atoms with E-state index < -0.39 is 0 Å². The van der Waals surface area contributed by atoms with Crippen LogP contribution in [0.1, 0.15) is 22.2 Å². The number of ether oxygens (including phenoxy) is 1. The molecule has 0 radical (unpaired) electrons. The molecule has 3 heterocycles. The average Bonchev–Trinajstić information content (AvgIpc) is 3.16. The molecule has 1 aromatic carbocycles. The molecule has 1 N–H and O–H groups in total. The third kappa shape index (κ3) is 3.58. The van der Waals surface area contributed by atoms with Gasteiger partial charge >= 0.3 is 6.03 Å². The molecule has 2 amide bonds. The third-order valence-electron chi connectivity index (χ3n) is 4.55. The first-order valence-corrected chi connectivity index (χ1v) is 9.75. The predicted octanol–water partition coefficient (Wildman–Crippen LogP) is 4.51. The van der Waals surface area contributed by atoms with Gasteiger partial charge in [-0.3, -0.25) is 14.7 Å². The number of hydrogen-bond acceptors (Lipinski definition) is 5. The van der Waals surface area contributed by atoms with Crippen LogP contribution in [0.4, 0.5) is 10.5 Å². The van der Waals surface area contributed by atoms with Gasteiger partial charge in [0.25, 0.3) is 0 Å². The van der Waals surface area contributed by atoms with Crippen molar-refractivity contribution in [2.24, 2.45) is 0 Å². The highest BCUT2D eigenvalue weighted by molar-refractivity contribution is 7.20. The third-order valence-corrected chi connectivity index (χ3v) is 5.61. The fourth-order valence-electron chi connectivity index (χ4n) is 3.22. The van der Waals surface area contributed by atoms with Gasteiger partial charge in [-0.15, -0.1) is 17.8 Å². The van der Waals surface area contributed by atoms with Crippen molar-refractivity contribution in [1.29, 1.82) is 0 Å². The maximum absolute atomic E-state index is 12.5. The minimum Gasteiger partial charge on any atom is -0.456 e. The van der Waals surface area contributed by atoms with Crippen molar-refractivity contribution < 1.29 is 14.3 Å². The highest BCUT2D eigenvalue weighted by Crippen LogP contribution is 2.37. The summed E-state index contributed by atoms with van der Waals surface area (Å²) in [5.41, 5.74) is 3.33. The molecule has 0 aliphatic carbocycles. The van der Waals surface area contributed by atoms with Gasteiger partial charge in [0.1, 0.15) is 11.5 Å². The Bertz CT molecular complexity index is 1190. The Morgan fingerprint density at radius 3 is 3.07 bits per heavy atom. The van der Waals surface area contributed by atoms with E-state index in [0.717, 1.165) is 33.5 Å². The van der Waals surface area contributed by atoms with Crippen LogP contribution in [0.15, 0.2) is 48.3 Å². The van der Waals surface area contributed by atoms with Gasteiger partial charge in [0, 0.05) is 18.0 Å². The van der Waals surface area contributed by atoms with Gasteiger partial charge in [-0.05, 0) is 43.2 Å². The summed E-state index contributed by atoms with van der Waals surface area (Å²) in [6.07, 6.45) is 10.4. The van der Waals surface area contributed by atoms with Crippen LogP contribution in [-0.2, 0) is 6.42 Å². The average molecular weight is 403 g/mol. The minimum absolute atomic E-state index is 0.167. The van der Waals surface area contributed by atoms with Crippen molar-refractivity contribution in [3.8, 4) is 23.8 Å². The monoisotopic (exact) mass is 403 g/mol. The first kappa shape index (κ1) is 18.7. The van der Waals surface area contributed by atoms with E-state index in [2.05, 4.69) is 16.2 Å².